The third kappa shape index (κ3) is 5.21. The largest absolute Gasteiger partial charge is 0.435 e. The van der Waals surface area contributed by atoms with Crippen LogP contribution in [0.5, 0.6) is 5.75 Å². The Morgan fingerprint density at radius 3 is 2.65 bits per heavy atom. The van der Waals surface area contributed by atoms with E-state index in [1.807, 2.05) is 6.07 Å². The fraction of sp³-hybridized carbons (Fsp3) is 0.235. The van der Waals surface area contributed by atoms with Crippen LogP contribution in [0.25, 0.3) is 0 Å². The van der Waals surface area contributed by atoms with Crippen molar-refractivity contribution >= 4 is 17.5 Å². The summed E-state index contributed by atoms with van der Waals surface area (Å²) < 4.78 is 28.8. The molecule has 0 fully saturated rings. The van der Waals surface area contributed by atoms with E-state index in [1.54, 1.807) is 37.3 Å². The van der Waals surface area contributed by atoms with Gasteiger partial charge in [0.25, 0.3) is 0 Å². The molecule has 2 rings (SSSR count). The van der Waals surface area contributed by atoms with Crippen molar-refractivity contribution in [3.63, 3.8) is 0 Å². The number of nitrogens with one attached hydrogen (secondary N) is 1. The Balaban J connectivity index is 1.99. The van der Waals surface area contributed by atoms with E-state index in [4.69, 9.17) is 11.6 Å². The Kier molecular flexibility index (Phi) is 5.93. The SMILES string of the molecule is C[C@@H](NC(=O)Cc1ccccc1Cl)c1cccc(OC(F)F)c1. The summed E-state index contributed by atoms with van der Waals surface area (Å²) in [4.78, 5) is 12.1. The van der Waals surface area contributed by atoms with Crippen LogP contribution in [0.4, 0.5) is 8.78 Å². The zero-order valence-electron chi connectivity index (χ0n) is 12.4. The molecule has 0 heterocycles. The van der Waals surface area contributed by atoms with Gasteiger partial charge in [0.2, 0.25) is 5.91 Å². The number of hydrogen-bond donors (Lipinski definition) is 1. The molecule has 6 heteroatoms. The summed E-state index contributed by atoms with van der Waals surface area (Å²) in [5, 5.41) is 3.34. The molecule has 1 atom stereocenters. The fourth-order valence-electron chi connectivity index (χ4n) is 2.15. The molecule has 0 spiro atoms. The van der Waals surface area contributed by atoms with Crippen LogP contribution in [0.2, 0.25) is 5.02 Å². The monoisotopic (exact) mass is 339 g/mol. The average molecular weight is 340 g/mol. The van der Waals surface area contributed by atoms with E-state index in [9.17, 15) is 13.6 Å². The highest BCUT2D eigenvalue weighted by Gasteiger charge is 2.13. The van der Waals surface area contributed by atoms with Gasteiger partial charge in [0.05, 0.1) is 12.5 Å². The van der Waals surface area contributed by atoms with Gasteiger partial charge in [-0.15, -0.1) is 0 Å². The number of ether oxygens (including phenoxy) is 1. The van der Waals surface area contributed by atoms with Gasteiger partial charge in [-0.3, -0.25) is 4.79 Å². The van der Waals surface area contributed by atoms with Crippen molar-refractivity contribution in [2.45, 2.75) is 26.0 Å². The lowest BCUT2D eigenvalue weighted by Gasteiger charge is -2.16. The number of alkyl halides is 2. The third-order valence-corrected chi connectivity index (χ3v) is 3.64. The lowest BCUT2D eigenvalue weighted by Crippen LogP contribution is -2.28. The first-order valence-electron chi connectivity index (χ1n) is 7.03. The van der Waals surface area contributed by atoms with Gasteiger partial charge in [-0.25, -0.2) is 0 Å². The molecule has 23 heavy (non-hydrogen) atoms. The molecule has 3 nitrogen and oxygen atoms in total. The van der Waals surface area contributed by atoms with Crippen molar-refractivity contribution in [1.29, 1.82) is 0 Å². The molecule has 122 valence electrons. The second-order valence-corrected chi connectivity index (χ2v) is 5.42. The predicted octanol–water partition coefficient (Wildman–Crippen LogP) is 4.36. The topological polar surface area (TPSA) is 38.3 Å². The molecule has 0 radical (unpaired) electrons. The number of hydrogen-bond acceptors (Lipinski definition) is 2. The number of rotatable bonds is 6. The molecule has 0 unspecified atom stereocenters. The highest BCUT2D eigenvalue weighted by molar-refractivity contribution is 6.31. The van der Waals surface area contributed by atoms with Crippen LogP contribution < -0.4 is 10.1 Å². The zero-order valence-corrected chi connectivity index (χ0v) is 13.2. The van der Waals surface area contributed by atoms with E-state index in [0.717, 1.165) is 5.56 Å². The van der Waals surface area contributed by atoms with Crippen LogP contribution in [-0.2, 0) is 11.2 Å². The van der Waals surface area contributed by atoms with E-state index >= 15 is 0 Å². The molecule has 0 aliphatic heterocycles. The van der Waals surface area contributed by atoms with Crippen molar-refractivity contribution in [2.75, 3.05) is 0 Å². The summed E-state index contributed by atoms with van der Waals surface area (Å²) in [6.07, 6.45) is 0.150. The molecule has 0 aromatic heterocycles. The molecular formula is C17H16ClF2NO2. The molecular weight excluding hydrogens is 324 g/mol. The van der Waals surface area contributed by atoms with Gasteiger partial charge >= 0.3 is 6.61 Å². The zero-order chi connectivity index (χ0) is 16.8. The van der Waals surface area contributed by atoms with Crippen molar-refractivity contribution in [3.05, 3.63) is 64.7 Å². The molecule has 0 saturated heterocycles. The molecule has 2 aromatic rings. The van der Waals surface area contributed by atoms with Gasteiger partial charge in [0.15, 0.2) is 0 Å². The van der Waals surface area contributed by atoms with Crippen LogP contribution in [0.1, 0.15) is 24.1 Å². The Hall–Kier alpha value is -2.14. The van der Waals surface area contributed by atoms with E-state index in [0.29, 0.717) is 10.6 Å². The summed E-state index contributed by atoms with van der Waals surface area (Å²) in [6.45, 7) is -1.11. The number of benzene rings is 2. The summed E-state index contributed by atoms with van der Waals surface area (Å²) in [5.41, 5.74) is 1.41. The molecule has 0 saturated carbocycles. The molecule has 0 bridgehead atoms. The molecule has 2 aromatic carbocycles. The second kappa shape index (κ2) is 7.92. The number of carbonyl (C=O) groups is 1. The lowest BCUT2D eigenvalue weighted by molar-refractivity contribution is -0.121. The van der Waals surface area contributed by atoms with Crippen LogP contribution in [0.3, 0.4) is 0 Å². The summed E-state index contributed by atoms with van der Waals surface area (Å²) in [6, 6.07) is 13.0. The van der Waals surface area contributed by atoms with E-state index < -0.39 is 6.61 Å². The minimum Gasteiger partial charge on any atom is -0.435 e. The van der Waals surface area contributed by atoms with Crippen molar-refractivity contribution in [2.24, 2.45) is 0 Å². The standard InChI is InChI=1S/C17H16ClF2NO2/c1-11(12-6-4-7-14(9-12)23-17(19)20)21-16(22)10-13-5-2-3-8-15(13)18/h2-9,11,17H,10H2,1H3,(H,21,22)/t11-/m1/s1. The summed E-state index contributed by atoms with van der Waals surface area (Å²) in [7, 11) is 0. The first-order chi connectivity index (χ1) is 11.0. The van der Waals surface area contributed by atoms with Crippen molar-refractivity contribution < 1.29 is 18.3 Å². The minimum absolute atomic E-state index is 0.0599. The van der Waals surface area contributed by atoms with E-state index in [1.165, 1.54) is 12.1 Å². The molecule has 1 N–H and O–H groups in total. The van der Waals surface area contributed by atoms with Gasteiger partial charge in [-0.2, -0.15) is 8.78 Å². The van der Waals surface area contributed by atoms with Crippen molar-refractivity contribution in [3.8, 4) is 5.75 Å². The van der Waals surface area contributed by atoms with Crippen LogP contribution in [-0.4, -0.2) is 12.5 Å². The Bertz CT molecular complexity index is 679. The number of halogens is 3. The molecule has 0 aliphatic rings. The van der Waals surface area contributed by atoms with Gasteiger partial charge in [0, 0.05) is 5.02 Å². The maximum Gasteiger partial charge on any atom is 0.387 e. The van der Waals surface area contributed by atoms with Gasteiger partial charge < -0.3 is 10.1 Å². The number of amides is 1. The third-order valence-electron chi connectivity index (χ3n) is 3.27. The van der Waals surface area contributed by atoms with Crippen LogP contribution in [0, 0.1) is 0 Å². The van der Waals surface area contributed by atoms with Crippen molar-refractivity contribution in [1.82, 2.24) is 5.32 Å². The first-order valence-corrected chi connectivity index (χ1v) is 7.41. The smallest absolute Gasteiger partial charge is 0.387 e. The predicted molar refractivity (Wildman–Crippen MR) is 84.8 cm³/mol. The minimum atomic E-state index is -2.88. The highest BCUT2D eigenvalue weighted by Crippen LogP contribution is 2.21. The molecule has 0 aliphatic carbocycles. The Morgan fingerprint density at radius 2 is 1.96 bits per heavy atom. The summed E-state index contributed by atoms with van der Waals surface area (Å²) >= 11 is 6.02. The number of carbonyl (C=O) groups excluding carboxylic acids is 1. The van der Waals surface area contributed by atoms with Crippen LogP contribution in [0.15, 0.2) is 48.5 Å². The molecule has 1 amide bonds. The van der Waals surface area contributed by atoms with Gasteiger partial charge in [0.1, 0.15) is 5.75 Å². The normalized spacial score (nSPS) is 12.0. The summed E-state index contributed by atoms with van der Waals surface area (Å²) in [5.74, 6) is -0.143. The highest BCUT2D eigenvalue weighted by atomic mass is 35.5. The average Bonchev–Trinajstić information content (AvgIpc) is 2.49. The fourth-order valence-corrected chi connectivity index (χ4v) is 2.35. The first kappa shape index (κ1) is 17.2. The Labute approximate surface area is 138 Å². The van der Waals surface area contributed by atoms with Gasteiger partial charge in [-0.1, -0.05) is 41.9 Å². The Morgan fingerprint density at radius 1 is 1.22 bits per heavy atom. The van der Waals surface area contributed by atoms with Crippen LogP contribution >= 0.6 is 11.6 Å². The second-order valence-electron chi connectivity index (χ2n) is 5.01. The maximum atomic E-state index is 12.2. The maximum absolute atomic E-state index is 12.2. The van der Waals surface area contributed by atoms with E-state index in [-0.39, 0.29) is 24.1 Å². The lowest BCUT2D eigenvalue weighted by atomic mass is 10.1. The quantitative estimate of drug-likeness (QED) is 0.849. The van der Waals surface area contributed by atoms with E-state index in [2.05, 4.69) is 10.1 Å². The van der Waals surface area contributed by atoms with Gasteiger partial charge in [-0.05, 0) is 36.2 Å².